The number of rotatable bonds is 4. The Kier molecular flexibility index (Phi) is 5.21. The van der Waals surface area contributed by atoms with Crippen molar-refractivity contribution >= 4 is 22.6 Å². The van der Waals surface area contributed by atoms with E-state index in [-0.39, 0.29) is 17.5 Å². The van der Waals surface area contributed by atoms with Crippen LogP contribution in [0.15, 0.2) is 60.7 Å². The standard InChI is InChI=1S/C30H31N3O3/c1-18-14-19(2)16-20(15-18)31-29(34)33-17-30(12-13-30)25-21-8-5-6-10-23(21)32-26(25)27(33)22-9-7-11-24(35-3)28(22)36-4/h5-11,14-16,27,32H,12-13,17H2,1-4H3,(H,31,34). The number of aromatic nitrogens is 1. The average Bonchev–Trinajstić information content (AvgIpc) is 3.51. The lowest BCUT2D eigenvalue weighted by Gasteiger charge is -2.41. The first-order chi connectivity index (χ1) is 17.4. The van der Waals surface area contributed by atoms with Crippen molar-refractivity contribution in [1.29, 1.82) is 0 Å². The summed E-state index contributed by atoms with van der Waals surface area (Å²) >= 11 is 0. The Morgan fingerprint density at radius 1 is 1.00 bits per heavy atom. The summed E-state index contributed by atoms with van der Waals surface area (Å²) in [6.07, 6.45) is 2.13. The molecule has 3 aromatic carbocycles. The third-order valence-electron chi connectivity index (χ3n) is 7.64. The largest absolute Gasteiger partial charge is 0.493 e. The Balaban J connectivity index is 1.53. The molecule has 36 heavy (non-hydrogen) atoms. The Morgan fingerprint density at radius 2 is 1.75 bits per heavy atom. The number of carbonyl (C=O) groups excluding carboxylic acids is 1. The summed E-state index contributed by atoms with van der Waals surface area (Å²) in [5.74, 6) is 1.29. The van der Waals surface area contributed by atoms with Gasteiger partial charge in [-0.05, 0) is 67.6 Å². The molecule has 0 bridgehead atoms. The number of ether oxygens (including phenoxy) is 2. The van der Waals surface area contributed by atoms with E-state index in [0.29, 0.717) is 18.0 Å². The SMILES string of the molecule is COc1cccc(C2c3[nH]c4ccccc4c3C3(CC3)CN2C(=O)Nc2cc(C)cc(C)c2)c1OC. The van der Waals surface area contributed by atoms with E-state index in [0.717, 1.165) is 46.4 Å². The van der Waals surface area contributed by atoms with Gasteiger partial charge in [0, 0.05) is 39.8 Å². The van der Waals surface area contributed by atoms with E-state index >= 15 is 0 Å². The smallest absolute Gasteiger partial charge is 0.322 e. The first-order valence-corrected chi connectivity index (χ1v) is 12.4. The number of hydrogen-bond donors (Lipinski definition) is 2. The molecule has 1 spiro atoms. The van der Waals surface area contributed by atoms with Crippen molar-refractivity contribution in [2.24, 2.45) is 0 Å². The maximum absolute atomic E-state index is 14.0. The fourth-order valence-corrected chi connectivity index (χ4v) is 6.03. The van der Waals surface area contributed by atoms with Crippen LogP contribution in [0.4, 0.5) is 10.5 Å². The molecule has 2 heterocycles. The van der Waals surface area contributed by atoms with Gasteiger partial charge in [0.1, 0.15) is 6.04 Å². The normalized spacial score (nSPS) is 17.7. The third-order valence-corrected chi connectivity index (χ3v) is 7.64. The molecule has 0 saturated heterocycles. The number of benzene rings is 3. The molecule has 6 heteroatoms. The van der Waals surface area contributed by atoms with Crippen LogP contribution in [-0.4, -0.2) is 36.7 Å². The molecule has 1 aliphatic carbocycles. The van der Waals surface area contributed by atoms with Gasteiger partial charge in [-0.1, -0.05) is 36.4 Å². The number of carbonyl (C=O) groups is 1. The lowest BCUT2D eigenvalue weighted by molar-refractivity contribution is 0.180. The number of nitrogens with one attached hydrogen (secondary N) is 2. The Morgan fingerprint density at radius 3 is 2.44 bits per heavy atom. The summed E-state index contributed by atoms with van der Waals surface area (Å²) in [7, 11) is 3.29. The van der Waals surface area contributed by atoms with E-state index in [4.69, 9.17) is 9.47 Å². The first-order valence-electron chi connectivity index (χ1n) is 12.4. The van der Waals surface area contributed by atoms with Crippen LogP contribution in [-0.2, 0) is 5.41 Å². The number of urea groups is 1. The second-order valence-corrected chi connectivity index (χ2v) is 10.2. The highest BCUT2D eigenvalue weighted by Gasteiger charge is 2.55. The molecule has 1 fully saturated rings. The Hall–Kier alpha value is -3.93. The van der Waals surface area contributed by atoms with Crippen LogP contribution in [0.3, 0.4) is 0 Å². The number of anilines is 1. The van der Waals surface area contributed by atoms with Crippen LogP contribution in [0.25, 0.3) is 10.9 Å². The van der Waals surface area contributed by atoms with Crippen molar-refractivity contribution in [1.82, 2.24) is 9.88 Å². The predicted octanol–water partition coefficient (Wildman–Crippen LogP) is 6.47. The van der Waals surface area contributed by atoms with E-state index in [1.807, 2.05) is 49.1 Å². The van der Waals surface area contributed by atoms with Gasteiger partial charge in [-0.3, -0.25) is 0 Å². The quantitative estimate of drug-likeness (QED) is 0.351. The number of nitrogens with zero attached hydrogens (tertiary/aromatic N) is 1. The minimum Gasteiger partial charge on any atom is -0.493 e. The summed E-state index contributed by atoms with van der Waals surface area (Å²) in [5, 5.41) is 4.43. The van der Waals surface area contributed by atoms with Gasteiger partial charge in [-0.2, -0.15) is 0 Å². The van der Waals surface area contributed by atoms with Crippen molar-refractivity contribution in [2.75, 3.05) is 26.1 Å². The number of aromatic amines is 1. The summed E-state index contributed by atoms with van der Waals surface area (Å²) in [5.41, 5.74) is 7.40. The van der Waals surface area contributed by atoms with E-state index in [2.05, 4.69) is 40.6 Å². The van der Waals surface area contributed by atoms with Gasteiger partial charge in [0.2, 0.25) is 0 Å². The van der Waals surface area contributed by atoms with Crippen molar-refractivity contribution in [2.45, 2.75) is 38.1 Å². The lowest BCUT2D eigenvalue weighted by atomic mass is 9.83. The fraction of sp³-hybridized carbons (Fsp3) is 0.300. The van der Waals surface area contributed by atoms with Crippen LogP contribution < -0.4 is 14.8 Å². The van der Waals surface area contributed by atoms with Gasteiger partial charge in [0.05, 0.1) is 14.2 Å². The highest BCUT2D eigenvalue weighted by molar-refractivity contribution is 5.93. The second kappa shape index (κ2) is 8.33. The first kappa shape index (κ1) is 22.5. The molecule has 1 unspecified atom stereocenters. The van der Waals surface area contributed by atoms with E-state index in [1.165, 1.54) is 10.9 Å². The predicted molar refractivity (Wildman–Crippen MR) is 142 cm³/mol. The number of fused-ring (bicyclic) bond motifs is 4. The zero-order chi connectivity index (χ0) is 25.0. The molecule has 1 atom stereocenters. The second-order valence-electron chi connectivity index (χ2n) is 10.2. The maximum atomic E-state index is 14.0. The molecule has 1 aliphatic heterocycles. The van der Waals surface area contributed by atoms with Crippen molar-refractivity contribution in [3.05, 3.63) is 88.6 Å². The topological polar surface area (TPSA) is 66.6 Å². The van der Waals surface area contributed by atoms with Gasteiger partial charge >= 0.3 is 6.03 Å². The van der Waals surface area contributed by atoms with Crippen molar-refractivity contribution < 1.29 is 14.3 Å². The van der Waals surface area contributed by atoms with E-state index in [1.54, 1.807) is 14.2 Å². The number of hydrogen-bond acceptors (Lipinski definition) is 3. The average molecular weight is 482 g/mol. The number of amides is 2. The number of methoxy groups -OCH3 is 2. The highest BCUT2D eigenvalue weighted by atomic mass is 16.5. The van der Waals surface area contributed by atoms with Gasteiger partial charge in [-0.15, -0.1) is 0 Å². The lowest BCUT2D eigenvalue weighted by Crippen LogP contribution is -2.47. The Labute approximate surface area is 211 Å². The van der Waals surface area contributed by atoms with E-state index in [9.17, 15) is 4.79 Å². The van der Waals surface area contributed by atoms with Crippen LogP contribution in [0.1, 0.15) is 46.8 Å². The number of H-pyrrole nitrogens is 1. The Bertz CT molecular complexity index is 1460. The fourth-order valence-electron chi connectivity index (χ4n) is 6.03. The van der Waals surface area contributed by atoms with Crippen molar-refractivity contribution in [3.8, 4) is 11.5 Å². The molecule has 6 nitrogen and oxygen atoms in total. The molecule has 2 N–H and O–H groups in total. The van der Waals surface area contributed by atoms with Crippen LogP contribution in [0, 0.1) is 13.8 Å². The summed E-state index contributed by atoms with van der Waals surface area (Å²) < 4.78 is 11.5. The number of aryl methyl sites for hydroxylation is 2. The molecule has 0 radical (unpaired) electrons. The summed E-state index contributed by atoms with van der Waals surface area (Å²) in [4.78, 5) is 19.7. The molecule has 2 aliphatic rings. The summed E-state index contributed by atoms with van der Waals surface area (Å²) in [6, 6.07) is 20.0. The summed E-state index contributed by atoms with van der Waals surface area (Å²) in [6.45, 7) is 4.73. The van der Waals surface area contributed by atoms with Crippen LogP contribution >= 0.6 is 0 Å². The molecular weight excluding hydrogens is 450 g/mol. The van der Waals surface area contributed by atoms with Crippen LogP contribution in [0.2, 0.25) is 0 Å². The monoisotopic (exact) mass is 481 g/mol. The molecule has 4 aromatic rings. The molecule has 6 rings (SSSR count). The van der Waals surface area contributed by atoms with Gasteiger partial charge < -0.3 is 24.7 Å². The molecule has 1 aromatic heterocycles. The zero-order valence-corrected chi connectivity index (χ0v) is 21.1. The van der Waals surface area contributed by atoms with Gasteiger partial charge in [0.15, 0.2) is 11.5 Å². The molecule has 1 saturated carbocycles. The van der Waals surface area contributed by atoms with Crippen molar-refractivity contribution in [3.63, 3.8) is 0 Å². The zero-order valence-electron chi connectivity index (χ0n) is 21.1. The van der Waals surface area contributed by atoms with E-state index < -0.39 is 0 Å². The van der Waals surface area contributed by atoms with Gasteiger partial charge in [0.25, 0.3) is 0 Å². The minimum absolute atomic E-state index is 0.0304. The highest BCUT2D eigenvalue weighted by Crippen LogP contribution is 2.58. The molecule has 2 amide bonds. The van der Waals surface area contributed by atoms with Crippen LogP contribution in [0.5, 0.6) is 11.5 Å². The third kappa shape index (κ3) is 3.51. The number of para-hydroxylation sites is 2. The minimum atomic E-state index is -0.352. The molecule has 184 valence electrons. The molecular formula is C30H31N3O3. The van der Waals surface area contributed by atoms with Gasteiger partial charge in [-0.25, -0.2) is 4.79 Å². The maximum Gasteiger partial charge on any atom is 0.322 e.